The molecule has 4 nitrogen and oxygen atoms in total. The normalized spacial score (nSPS) is 19.9. The Hall–Kier alpha value is -1.55. The number of esters is 1. The predicted octanol–water partition coefficient (Wildman–Crippen LogP) is 2.45. The molecule has 0 aromatic heterocycles. The Morgan fingerprint density at radius 3 is 2.78 bits per heavy atom. The molecule has 18 heavy (non-hydrogen) atoms. The topological polar surface area (TPSA) is 47.6 Å². The molecule has 0 radical (unpaired) electrons. The lowest BCUT2D eigenvalue weighted by Crippen LogP contribution is -2.19. The summed E-state index contributed by atoms with van der Waals surface area (Å²) < 4.78 is 10.1. The van der Waals surface area contributed by atoms with E-state index < -0.39 is 0 Å². The minimum absolute atomic E-state index is 0.301. The first kappa shape index (κ1) is 12.9. The number of methoxy groups -OCH3 is 1. The smallest absolute Gasteiger partial charge is 0.337 e. The zero-order valence-corrected chi connectivity index (χ0v) is 10.6. The van der Waals surface area contributed by atoms with Crippen LogP contribution in [0.3, 0.4) is 0 Å². The Kier molecular flexibility index (Phi) is 4.59. The second-order valence-corrected chi connectivity index (χ2v) is 4.45. The van der Waals surface area contributed by atoms with Crippen LogP contribution in [0.4, 0.5) is 5.69 Å². The SMILES string of the molecule is COC(=O)c1ccc(NC2CCCOCC2)cc1. The van der Waals surface area contributed by atoms with Crippen LogP contribution in [0, 0.1) is 0 Å². The zero-order chi connectivity index (χ0) is 12.8. The van der Waals surface area contributed by atoms with Crippen LogP contribution in [0.5, 0.6) is 0 Å². The first-order chi connectivity index (χ1) is 8.79. The Bertz CT molecular complexity index is 381. The maximum absolute atomic E-state index is 11.3. The van der Waals surface area contributed by atoms with E-state index in [4.69, 9.17) is 4.74 Å². The van der Waals surface area contributed by atoms with Gasteiger partial charge in [-0.25, -0.2) is 4.79 Å². The molecule has 0 amide bonds. The van der Waals surface area contributed by atoms with Crippen LogP contribution in [0.2, 0.25) is 0 Å². The van der Waals surface area contributed by atoms with E-state index in [0.717, 1.165) is 38.2 Å². The van der Waals surface area contributed by atoms with Gasteiger partial charge in [-0.05, 0) is 43.5 Å². The molecule has 1 aromatic rings. The van der Waals surface area contributed by atoms with E-state index in [2.05, 4.69) is 10.1 Å². The lowest BCUT2D eigenvalue weighted by Gasteiger charge is -2.17. The number of rotatable bonds is 3. The second kappa shape index (κ2) is 6.40. The third-order valence-corrected chi connectivity index (χ3v) is 3.13. The van der Waals surface area contributed by atoms with Crippen molar-refractivity contribution in [1.29, 1.82) is 0 Å². The van der Waals surface area contributed by atoms with Crippen LogP contribution in [0.15, 0.2) is 24.3 Å². The highest BCUT2D eigenvalue weighted by Crippen LogP contribution is 2.16. The van der Waals surface area contributed by atoms with E-state index in [1.165, 1.54) is 7.11 Å². The van der Waals surface area contributed by atoms with Crippen LogP contribution < -0.4 is 5.32 Å². The molecule has 0 aliphatic carbocycles. The minimum Gasteiger partial charge on any atom is -0.465 e. The Morgan fingerprint density at radius 1 is 1.28 bits per heavy atom. The molecule has 1 N–H and O–H groups in total. The van der Waals surface area contributed by atoms with Gasteiger partial charge in [0.05, 0.1) is 12.7 Å². The number of nitrogens with one attached hydrogen (secondary N) is 1. The van der Waals surface area contributed by atoms with E-state index in [-0.39, 0.29) is 5.97 Å². The Morgan fingerprint density at radius 2 is 2.06 bits per heavy atom. The van der Waals surface area contributed by atoms with E-state index in [1.807, 2.05) is 12.1 Å². The Labute approximate surface area is 107 Å². The van der Waals surface area contributed by atoms with Crippen LogP contribution in [-0.2, 0) is 9.47 Å². The number of carbonyl (C=O) groups is 1. The lowest BCUT2D eigenvalue weighted by molar-refractivity contribution is 0.0601. The number of benzene rings is 1. The number of hydrogen-bond donors (Lipinski definition) is 1. The fraction of sp³-hybridized carbons (Fsp3) is 0.500. The molecular weight excluding hydrogens is 230 g/mol. The van der Waals surface area contributed by atoms with E-state index in [9.17, 15) is 4.79 Å². The quantitative estimate of drug-likeness (QED) is 0.836. The van der Waals surface area contributed by atoms with Crippen molar-refractivity contribution in [2.45, 2.75) is 25.3 Å². The Balaban J connectivity index is 1.94. The number of ether oxygens (including phenoxy) is 2. The van der Waals surface area contributed by atoms with Crippen LogP contribution in [-0.4, -0.2) is 32.3 Å². The van der Waals surface area contributed by atoms with Gasteiger partial charge >= 0.3 is 5.97 Å². The largest absolute Gasteiger partial charge is 0.465 e. The van der Waals surface area contributed by atoms with Crippen molar-refractivity contribution in [3.63, 3.8) is 0 Å². The van der Waals surface area contributed by atoms with Gasteiger partial charge in [-0.1, -0.05) is 0 Å². The van der Waals surface area contributed by atoms with Gasteiger partial charge in [-0.15, -0.1) is 0 Å². The minimum atomic E-state index is -0.301. The van der Waals surface area contributed by atoms with Gasteiger partial charge in [-0.2, -0.15) is 0 Å². The molecule has 1 heterocycles. The average molecular weight is 249 g/mol. The summed E-state index contributed by atoms with van der Waals surface area (Å²) in [5, 5.41) is 3.47. The van der Waals surface area contributed by atoms with Crippen LogP contribution >= 0.6 is 0 Å². The first-order valence-electron chi connectivity index (χ1n) is 6.32. The first-order valence-corrected chi connectivity index (χ1v) is 6.32. The van der Waals surface area contributed by atoms with Crippen molar-refractivity contribution < 1.29 is 14.3 Å². The summed E-state index contributed by atoms with van der Waals surface area (Å²) in [6.07, 6.45) is 3.25. The summed E-state index contributed by atoms with van der Waals surface area (Å²) in [7, 11) is 1.39. The maximum atomic E-state index is 11.3. The zero-order valence-electron chi connectivity index (χ0n) is 10.6. The number of carbonyl (C=O) groups excluding carboxylic acids is 1. The number of hydrogen-bond acceptors (Lipinski definition) is 4. The van der Waals surface area contributed by atoms with Gasteiger partial charge in [-0.3, -0.25) is 0 Å². The fourth-order valence-electron chi connectivity index (χ4n) is 2.10. The highest BCUT2D eigenvalue weighted by Gasteiger charge is 2.12. The molecule has 1 aliphatic rings. The van der Waals surface area contributed by atoms with Crippen molar-refractivity contribution in [3.05, 3.63) is 29.8 Å². The third-order valence-electron chi connectivity index (χ3n) is 3.13. The standard InChI is InChI=1S/C14H19NO3/c1-17-14(16)11-4-6-13(7-5-11)15-12-3-2-9-18-10-8-12/h4-7,12,15H,2-3,8-10H2,1H3. The highest BCUT2D eigenvalue weighted by atomic mass is 16.5. The van der Waals surface area contributed by atoms with Gasteiger partial charge in [0.15, 0.2) is 0 Å². The molecular formula is C14H19NO3. The van der Waals surface area contributed by atoms with Crippen molar-refractivity contribution in [2.24, 2.45) is 0 Å². The average Bonchev–Trinajstić information content (AvgIpc) is 2.67. The number of anilines is 1. The molecule has 1 unspecified atom stereocenters. The van der Waals surface area contributed by atoms with Gasteiger partial charge in [0, 0.05) is 24.9 Å². The third kappa shape index (κ3) is 3.47. The fourth-order valence-corrected chi connectivity index (χ4v) is 2.10. The van der Waals surface area contributed by atoms with Crippen molar-refractivity contribution in [3.8, 4) is 0 Å². The molecule has 1 fully saturated rings. The molecule has 98 valence electrons. The summed E-state index contributed by atoms with van der Waals surface area (Å²) in [6.45, 7) is 1.68. The highest BCUT2D eigenvalue weighted by molar-refractivity contribution is 5.89. The van der Waals surface area contributed by atoms with Gasteiger partial charge < -0.3 is 14.8 Å². The van der Waals surface area contributed by atoms with Crippen molar-refractivity contribution in [1.82, 2.24) is 0 Å². The molecule has 0 spiro atoms. The summed E-state index contributed by atoms with van der Waals surface area (Å²) in [5.74, 6) is -0.301. The maximum Gasteiger partial charge on any atom is 0.337 e. The summed E-state index contributed by atoms with van der Waals surface area (Å²) in [5.41, 5.74) is 1.61. The van der Waals surface area contributed by atoms with Crippen LogP contribution in [0.25, 0.3) is 0 Å². The molecule has 1 aliphatic heterocycles. The molecule has 2 rings (SSSR count). The molecule has 1 atom stereocenters. The molecule has 0 bridgehead atoms. The van der Waals surface area contributed by atoms with E-state index >= 15 is 0 Å². The molecule has 4 heteroatoms. The van der Waals surface area contributed by atoms with Gasteiger partial charge in [0.1, 0.15) is 0 Å². The van der Waals surface area contributed by atoms with E-state index in [0.29, 0.717) is 11.6 Å². The van der Waals surface area contributed by atoms with E-state index in [1.54, 1.807) is 12.1 Å². The van der Waals surface area contributed by atoms with Gasteiger partial charge in [0.25, 0.3) is 0 Å². The van der Waals surface area contributed by atoms with Crippen molar-refractivity contribution >= 4 is 11.7 Å². The monoisotopic (exact) mass is 249 g/mol. The van der Waals surface area contributed by atoms with Crippen LogP contribution in [0.1, 0.15) is 29.6 Å². The summed E-state index contributed by atoms with van der Waals surface area (Å²) >= 11 is 0. The summed E-state index contributed by atoms with van der Waals surface area (Å²) in [6, 6.07) is 7.84. The molecule has 0 saturated carbocycles. The van der Waals surface area contributed by atoms with Crippen molar-refractivity contribution in [2.75, 3.05) is 25.6 Å². The summed E-state index contributed by atoms with van der Waals surface area (Å²) in [4.78, 5) is 11.3. The second-order valence-electron chi connectivity index (χ2n) is 4.45. The lowest BCUT2D eigenvalue weighted by atomic mass is 10.1. The van der Waals surface area contributed by atoms with Gasteiger partial charge in [0.2, 0.25) is 0 Å². The molecule has 1 aromatic carbocycles. The molecule has 1 saturated heterocycles. The predicted molar refractivity (Wildman–Crippen MR) is 69.9 cm³/mol.